The van der Waals surface area contributed by atoms with E-state index in [1.54, 1.807) is 0 Å². The summed E-state index contributed by atoms with van der Waals surface area (Å²) in [6, 6.07) is 4.34. The van der Waals surface area contributed by atoms with Gasteiger partial charge in [0.1, 0.15) is 5.82 Å². The predicted molar refractivity (Wildman–Crippen MR) is 62.9 cm³/mol. The summed E-state index contributed by atoms with van der Waals surface area (Å²) in [6.45, 7) is 4.87. The van der Waals surface area contributed by atoms with Gasteiger partial charge in [-0.05, 0) is 37.6 Å². The summed E-state index contributed by atoms with van der Waals surface area (Å²) in [7, 11) is 2.05. The first-order valence-electron chi connectivity index (χ1n) is 5.26. The highest BCUT2D eigenvalue weighted by Gasteiger charge is 2.09. The molecule has 15 heavy (non-hydrogen) atoms. The molecule has 0 aliphatic heterocycles. The van der Waals surface area contributed by atoms with E-state index < -0.39 is 0 Å². The first-order valence-corrected chi connectivity index (χ1v) is 5.26. The van der Waals surface area contributed by atoms with Crippen LogP contribution in [0.2, 0.25) is 0 Å². The minimum atomic E-state index is 0.648. The fourth-order valence-corrected chi connectivity index (χ4v) is 2.03. The third-order valence-electron chi connectivity index (χ3n) is 2.78. The molecular weight excluding hydrogens is 186 g/mol. The van der Waals surface area contributed by atoms with Crippen molar-refractivity contribution in [1.29, 1.82) is 0 Å². The number of nitrogens with two attached hydrogens (primary N) is 1. The summed E-state index contributed by atoms with van der Waals surface area (Å²) < 4.78 is 2.14. The molecule has 0 saturated heterocycles. The van der Waals surface area contributed by atoms with Gasteiger partial charge in [0.25, 0.3) is 0 Å². The van der Waals surface area contributed by atoms with Crippen molar-refractivity contribution >= 4 is 11.0 Å². The third kappa shape index (κ3) is 1.63. The number of fused-ring (bicyclic) bond motifs is 1. The molecule has 0 aliphatic carbocycles. The van der Waals surface area contributed by atoms with Crippen molar-refractivity contribution < 1.29 is 0 Å². The Morgan fingerprint density at radius 3 is 2.73 bits per heavy atom. The van der Waals surface area contributed by atoms with E-state index in [1.165, 1.54) is 16.6 Å². The summed E-state index contributed by atoms with van der Waals surface area (Å²) in [5, 5.41) is 0. The van der Waals surface area contributed by atoms with Gasteiger partial charge in [0.15, 0.2) is 0 Å². The molecule has 0 aliphatic rings. The van der Waals surface area contributed by atoms with E-state index in [1.807, 2.05) is 0 Å². The van der Waals surface area contributed by atoms with Gasteiger partial charge >= 0.3 is 0 Å². The van der Waals surface area contributed by atoms with Crippen molar-refractivity contribution in [3.8, 4) is 0 Å². The molecule has 0 fully saturated rings. The quantitative estimate of drug-likeness (QED) is 0.807. The molecule has 0 spiro atoms. The van der Waals surface area contributed by atoms with Gasteiger partial charge in [-0.25, -0.2) is 4.98 Å². The lowest BCUT2D eigenvalue weighted by atomic mass is 10.1. The Balaban J connectivity index is 2.70. The van der Waals surface area contributed by atoms with Gasteiger partial charge in [0.2, 0.25) is 0 Å². The number of hydrogen-bond acceptors (Lipinski definition) is 2. The zero-order valence-electron chi connectivity index (χ0n) is 9.54. The number of rotatable bonds is 2. The van der Waals surface area contributed by atoms with Gasteiger partial charge in [0, 0.05) is 13.5 Å². The van der Waals surface area contributed by atoms with Gasteiger partial charge in [-0.1, -0.05) is 6.07 Å². The smallest absolute Gasteiger partial charge is 0.110 e. The lowest BCUT2D eigenvalue weighted by Gasteiger charge is -2.01. The van der Waals surface area contributed by atoms with Crippen LogP contribution in [0.15, 0.2) is 12.1 Å². The van der Waals surface area contributed by atoms with E-state index in [0.29, 0.717) is 6.54 Å². The van der Waals surface area contributed by atoms with Crippen LogP contribution in [0.1, 0.15) is 17.0 Å². The van der Waals surface area contributed by atoms with E-state index in [4.69, 9.17) is 5.73 Å². The van der Waals surface area contributed by atoms with Crippen molar-refractivity contribution in [3.63, 3.8) is 0 Å². The van der Waals surface area contributed by atoms with Crippen LogP contribution in [-0.2, 0) is 13.5 Å². The number of aryl methyl sites for hydroxylation is 3. The van der Waals surface area contributed by atoms with Gasteiger partial charge in [-0.3, -0.25) is 0 Å². The second-order valence-corrected chi connectivity index (χ2v) is 4.08. The Morgan fingerprint density at radius 2 is 2.07 bits per heavy atom. The highest BCUT2D eigenvalue weighted by molar-refractivity contribution is 5.80. The molecule has 0 radical (unpaired) electrons. The Hall–Kier alpha value is -1.35. The highest BCUT2D eigenvalue weighted by Crippen LogP contribution is 2.20. The van der Waals surface area contributed by atoms with E-state index in [0.717, 1.165) is 17.8 Å². The van der Waals surface area contributed by atoms with Gasteiger partial charge in [-0.15, -0.1) is 0 Å². The molecule has 0 unspecified atom stereocenters. The fourth-order valence-electron chi connectivity index (χ4n) is 2.03. The van der Waals surface area contributed by atoms with Crippen LogP contribution in [0.4, 0.5) is 0 Å². The molecule has 2 N–H and O–H groups in total. The van der Waals surface area contributed by atoms with Crippen LogP contribution in [0.25, 0.3) is 11.0 Å². The molecule has 3 heteroatoms. The Bertz CT molecular complexity index is 497. The van der Waals surface area contributed by atoms with Crippen LogP contribution >= 0.6 is 0 Å². The standard InChI is InChI=1S/C12H17N3/c1-8-6-9(2)12-10(7-8)15(3)11(14-12)4-5-13/h6-7H,4-5,13H2,1-3H3. The first-order chi connectivity index (χ1) is 7.13. The molecule has 0 amide bonds. The normalized spacial score (nSPS) is 11.2. The summed E-state index contributed by atoms with van der Waals surface area (Å²) in [5.74, 6) is 1.07. The largest absolute Gasteiger partial charge is 0.331 e. The van der Waals surface area contributed by atoms with Crippen LogP contribution < -0.4 is 5.73 Å². The minimum absolute atomic E-state index is 0.648. The van der Waals surface area contributed by atoms with E-state index in [2.05, 4.69) is 42.6 Å². The molecule has 0 bridgehead atoms. The van der Waals surface area contributed by atoms with Crippen molar-refractivity contribution in [3.05, 3.63) is 29.1 Å². The van der Waals surface area contributed by atoms with Crippen molar-refractivity contribution in [1.82, 2.24) is 9.55 Å². The Kier molecular flexibility index (Phi) is 2.49. The monoisotopic (exact) mass is 203 g/mol. The van der Waals surface area contributed by atoms with Gasteiger partial charge < -0.3 is 10.3 Å². The average Bonchev–Trinajstić information content (AvgIpc) is 2.47. The molecule has 2 aromatic rings. The highest BCUT2D eigenvalue weighted by atomic mass is 15.1. The van der Waals surface area contributed by atoms with Crippen LogP contribution in [0, 0.1) is 13.8 Å². The molecule has 2 rings (SSSR count). The molecule has 80 valence electrons. The van der Waals surface area contributed by atoms with Crippen LogP contribution in [0.3, 0.4) is 0 Å². The maximum Gasteiger partial charge on any atom is 0.110 e. The number of nitrogens with zero attached hydrogens (tertiary/aromatic N) is 2. The molecule has 1 aromatic carbocycles. The maximum absolute atomic E-state index is 5.57. The maximum atomic E-state index is 5.57. The van der Waals surface area contributed by atoms with Crippen molar-refractivity contribution in [2.24, 2.45) is 12.8 Å². The molecule has 1 aromatic heterocycles. The second-order valence-electron chi connectivity index (χ2n) is 4.08. The van der Waals surface area contributed by atoms with Crippen molar-refractivity contribution in [2.45, 2.75) is 20.3 Å². The summed E-state index contributed by atoms with van der Waals surface area (Å²) in [4.78, 5) is 4.63. The summed E-state index contributed by atoms with van der Waals surface area (Å²) in [6.07, 6.45) is 0.837. The summed E-state index contributed by atoms with van der Waals surface area (Å²) >= 11 is 0. The first kappa shape index (κ1) is 10.2. The predicted octanol–water partition coefficient (Wildman–Crippen LogP) is 1.69. The lowest BCUT2D eigenvalue weighted by molar-refractivity contribution is 0.794. The Morgan fingerprint density at radius 1 is 1.33 bits per heavy atom. The minimum Gasteiger partial charge on any atom is -0.331 e. The fraction of sp³-hybridized carbons (Fsp3) is 0.417. The number of benzene rings is 1. The number of hydrogen-bond donors (Lipinski definition) is 1. The number of aromatic nitrogens is 2. The third-order valence-corrected chi connectivity index (χ3v) is 2.78. The zero-order valence-corrected chi connectivity index (χ0v) is 9.54. The van der Waals surface area contributed by atoms with E-state index >= 15 is 0 Å². The van der Waals surface area contributed by atoms with Crippen LogP contribution in [-0.4, -0.2) is 16.1 Å². The van der Waals surface area contributed by atoms with Crippen molar-refractivity contribution in [2.75, 3.05) is 6.54 Å². The van der Waals surface area contributed by atoms with E-state index in [9.17, 15) is 0 Å². The average molecular weight is 203 g/mol. The molecule has 3 nitrogen and oxygen atoms in total. The zero-order chi connectivity index (χ0) is 11.0. The SMILES string of the molecule is Cc1cc(C)c2nc(CCN)n(C)c2c1. The number of imidazole rings is 1. The van der Waals surface area contributed by atoms with Gasteiger partial charge in [-0.2, -0.15) is 0 Å². The molecule has 0 atom stereocenters. The van der Waals surface area contributed by atoms with Crippen LogP contribution in [0.5, 0.6) is 0 Å². The van der Waals surface area contributed by atoms with Gasteiger partial charge in [0.05, 0.1) is 11.0 Å². The Labute approximate surface area is 89.9 Å². The molecule has 1 heterocycles. The second kappa shape index (κ2) is 3.66. The molecular formula is C12H17N3. The molecule has 0 saturated carbocycles. The lowest BCUT2D eigenvalue weighted by Crippen LogP contribution is -2.07. The topological polar surface area (TPSA) is 43.8 Å². The van der Waals surface area contributed by atoms with E-state index in [-0.39, 0.29) is 0 Å². The summed E-state index contributed by atoms with van der Waals surface area (Å²) in [5.41, 5.74) is 10.4.